The molecule has 260 valence electrons. The van der Waals surface area contributed by atoms with Gasteiger partial charge in [-0.1, -0.05) is 95.5 Å². The summed E-state index contributed by atoms with van der Waals surface area (Å²) in [5, 5.41) is 4.60. The number of halogens is 2. The smallest absolute Gasteiger partial charge is 0.255 e. The van der Waals surface area contributed by atoms with Crippen molar-refractivity contribution in [3.63, 3.8) is 0 Å². The van der Waals surface area contributed by atoms with Gasteiger partial charge in [-0.2, -0.15) is 13.7 Å². The number of hydrogen-bond acceptors (Lipinski definition) is 7. The van der Waals surface area contributed by atoms with Crippen LogP contribution in [0.1, 0.15) is 28.2 Å². The lowest BCUT2D eigenvalue weighted by Gasteiger charge is -2.22. The Kier molecular flexibility index (Phi) is 12.3. The zero-order valence-electron chi connectivity index (χ0n) is 26.9. The molecule has 0 saturated carbocycles. The zero-order chi connectivity index (χ0) is 35.7. The van der Waals surface area contributed by atoms with Gasteiger partial charge >= 0.3 is 0 Å². The molecule has 4 aromatic carbocycles. The number of carbonyl (C=O) groups is 1. The molecule has 0 aliphatic rings. The van der Waals surface area contributed by atoms with E-state index in [1.54, 1.807) is 72.8 Å². The van der Waals surface area contributed by atoms with Crippen LogP contribution in [0.4, 0.5) is 0 Å². The number of rotatable bonds is 15. The number of hydrazone groups is 1. The van der Waals surface area contributed by atoms with Gasteiger partial charge in [-0.25, -0.2) is 22.3 Å². The number of furan rings is 1. The van der Waals surface area contributed by atoms with Crippen LogP contribution in [0.3, 0.4) is 0 Å². The molecule has 1 amide bonds. The van der Waals surface area contributed by atoms with Gasteiger partial charge in [0.15, 0.2) is 0 Å². The molecule has 5 rings (SSSR count). The van der Waals surface area contributed by atoms with Gasteiger partial charge in [0.05, 0.1) is 39.1 Å². The molecule has 1 aromatic heterocycles. The zero-order valence-corrected chi connectivity index (χ0v) is 30.1. The molecule has 0 saturated heterocycles. The quantitative estimate of drug-likeness (QED) is 0.0940. The van der Waals surface area contributed by atoms with Crippen LogP contribution in [-0.4, -0.2) is 50.7 Å². The Labute approximate surface area is 302 Å². The molecular weight excluding hydrogens is 719 g/mol. The summed E-state index contributed by atoms with van der Waals surface area (Å²) in [6, 6.07) is 31.9. The number of amides is 1. The highest BCUT2D eigenvalue weighted by molar-refractivity contribution is 7.89. The average molecular weight is 754 g/mol. The summed E-state index contributed by atoms with van der Waals surface area (Å²) in [5.41, 5.74) is 4.83. The molecule has 0 aliphatic heterocycles. The van der Waals surface area contributed by atoms with Crippen LogP contribution >= 0.6 is 23.2 Å². The van der Waals surface area contributed by atoms with E-state index in [9.17, 15) is 21.6 Å². The SMILES string of the molecule is Cc1ccc(S(=O)(=O)N(Cc2ccc(Cl)c(Cl)c2)Cc2ccc(/C=N\NC(=O)CN(CCc3ccccc3)S(=O)(=O)c3ccccc3)o2)cc1. The number of nitrogens with one attached hydrogen (secondary N) is 1. The predicted octanol–water partition coefficient (Wildman–Crippen LogP) is 6.67. The van der Waals surface area contributed by atoms with Crippen LogP contribution in [0.2, 0.25) is 10.0 Å². The van der Waals surface area contributed by atoms with Crippen LogP contribution in [0, 0.1) is 6.92 Å². The number of nitrogens with zero attached hydrogens (tertiary/aromatic N) is 3. The van der Waals surface area contributed by atoms with Crippen molar-refractivity contribution in [2.24, 2.45) is 5.10 Å². The summed E-state index contributed by atoms with van der Waals surface area (Å²) in [7, 11) is -7.95. The van der Waals surface area contributed by atoms with Crippen molar-refractivity contribution in [3.8, 4) is 0 Å². The maximum absolute atomic E-state index is 13.7. The first-order chi connectivity index (χ1) is 23.9. The largest absolute Gasteiger partial charge is 0.459 e. The Morgan fingerprint density at radius 1 is 0.740 bits per heavy atom. The fraction of sp³-hybridized carbons (Fsp3) is 0.167. The Hall–Kier alpha value is -4.30. The van der Waals surface area contributed by atoms with E-state index in [2.05, 4.69) is 10.5 Å². The van der Waals surface area contributed by atoms with E-state index >= 15 is 0 Å². The van der Waals surface area contributed by atoms with E-state index in [1.807, 2.05) is 37.3 Å². The first-order valence-electron chi connectivity index (χ1n) is 15.4. The third-order valence-corrected chi connectivity index (χ3v) is 12.0. The first-order valence-corrected chi connectivity index (χ1v) is 19.1. The van der Waals surface area contributed by atoms with Gasteiger partial charge in [0.25, 0.3) is 5.91 Å². The summed E-state index contributed by atoms with van der Waals surface area (Å²) in [4.78, 5) is 13.1. The molecule has 0 fully saturated rings. The van der Waals surface area contributed by atoms with Crippen LogP contribution < -0.4 is 5.43 Å². The maximum atomic E-state index is 13.7. The molecule has 10 nitrogen and oxygen atoms in total. The van der Waals surface area contributed by atoms with Gasteiger partial charge in [-0.15, -0.1) is 0 Å². The lowest BCUT2D eigenvalue weighted by Crippen LogP contribution is -2.40. The molecule has 0 aliphatic carbocycles. The number of aryl methyl sites for hydroxylation is 1. The van der Waals surface area contributed by atoms with Crippen molar-refractivity contribution in [3.05, 3.63) is 154 Å². The van der Waals surface area contributed by atoms with Gasteiger partial charge in [-0.05, 0) is 73.0 Å². The van der Waals surface area contributed by atoms with Gasteiger partial charge in [-0.3, -0.25) is 4.79 Å². The van der Waals surface area contributed by atoms with Gasteiger partial charge in [0, 0.05) is 13.1 Å². The molecular formula is C36H34Cl2N4O6S2. The van der Waals surface area contributed by atoms with Gasteiger partial charge in [0.1, 0.15) is 11.5 Å². The molecule has 0 spiro atoms. The number of carbonyl (C=O) groups excluding carboxylic acids is 1. The predicted molar refractivity (Wildman–Crippen MR) is 194 cm³/mol. The Morgan fingerprint density at radius 2 is 1.38 bits per heavy atom. The van der Waals surface area contributed by atoms with E-state index in [-0.39, 0.29) is 35.2 Å². The molecule has 5 aromatic rings. The second kappa shape index (κ2) is 16.6. The summed E-state index contributed by atoms with van der Waals surface area (Å²) in [5.74, 6) is -0.104. The molecule has 0 atom stereocenters. The van der Waals surface area contributed by atoms with Gasteiger partial charge in [0.2, 0.25) is 20.0 Å². The van der Waals surface area contributed by atoms with Crippen LogP contribution in [-0.2, 0) is 44.4 Å². The fourth-order valence-corrected chi connectivity index (χ4v) is 8.07. The summed E-state index contributed by atoms with van der Waals surface area (Å²) < 4.78 is 62.6. The van der Waals surface area contributed by atoms with Crippen LogP contribution in [0.5, 0.6) is 0 Å². The van der Waals surface area contributed by atoms with Crippen molar-refractivity contribution < 1.29 is 26.0 Å². The fourth-order valence-electron chi connectivity index (χ4n) is 4.94. The minimum absolute atomic E-state index is 0.0139. The van der Waals surface area contributed by atoms with Crippen molar-refractivity contribution in [1.82, 2.24) is 14.0 Å². The summed E-state index contributed by atoms with van der Waals surface area (Å²) in [6.45, 7) is 1.34. The Balaban J connectivity index is 1.28. The maximum Gasteiger partial charge on any atom is 0.255 e. The van der Waals surface area contributed by atoms with Crippen LogP contribution in [0.15, 0.2) is 135 Å². The lowest BCUT2D eigenvalue weighted by atomic mass is 10.1. The lowest BCUT2D eigenvalue weighted by molar-refractivity contribution is -0.121. The highest BCUT2D eigenvalue weighted by atomic mass is 35.5. The topological polar surface area (TPSA) is 129 Å². The Morgan fingerprint density at radius 3 is 2.06 bits per heavy atom. The normalized spacial score (nSPS) is 12.2. The highest BCUT2D eigenvalue weighted by Crippen LogP contribution is 2.27. The summed E-state index contributed by atoms with van der Waals surface area (Å²) in [6.07, 6.45) is 1.65. The number of hydrogen-bond donors (Lipinski definition) is 1. The second-order valence-corrected chi connectivity index (χ2v) is 16.0. The van der Waals surface area contributed by atoms with E-state index in [0.717, 1.165) is 15.4 Å². The molecule has 1 N–H and O–H groups in total. The molecule has 14 heteroatoms. The minimum Gasteiger partial charge on any atom is -0.459 e. The van der Waals surface area contributed by atoms with E-state index in [4.69, 9.17) is 27.6 Å². The average Bonchev–Trinajstić information content (AvgIpc) is 3.56. The first kappa shape index (κ1) is 37.0. The van der Waals surface area contributed by atoms with Crippen molar-refractivity contribution in [1.29, 1.82) is 0 Å². The van der Waals surface area contributed by atoms with Gasteiger partial charge < -0.3 is 4.42 Å². The van der Waals surface area contributed by atoms with E-state index in [0.29, 0.717) is 27.8 Å². The van der Waals surface area contributed by atoms with Crippen LogP contribution in [0.25, 0.3) is 0 Å². The number of sulfonamides is 2. The standard InChI is InChI=1S/C36H34Cl2N4O6S2/c1-27-12-17-33(18-13-27)50(46,47)42(24-29-14-19-34(37)35(38)22-29)25-31-16-15-30(48-31)23-39-40-36(43)26-41(21-20-28-8-4-2-5-9-28)49(44,45)32-10-6-3-7-11-32/h2-19,22-23H,20-21,24-26H2,1H3,(H,40,43)/b39-23-. The Bertz CT molecular complexity index is 2160. The molecule has 0 unspecified atom stereocenters. The summed E-state index contributed by atoms with van der Waals surface area (Å²) >= 11 is 12.3. The molecule has 0 bridgehead atoms. The van der Waals surface area contributed by atoms with Crippen molar-refractivity contribution in [2.75, 3.05) is 13.1 Å². The highest BCUT2D eigenvalue weighted by Gasteiger charge is 2.28. The molecule has 0 radical (unpaired) electrons. The third kappa shape index (κ3) is 9.69. The molecule has 1 heterocycles. The minimum atomic E-state index is -3.98. The van der Waals surface area contributed by atoms with E-state index < -0.39 is 32.5 Å². The van der Waals surface area contributed by atoms with Crippen molar-refractivity contribution >= 4 is 55.4 Å². The monoisotopic (exact) mass is 752 g/mol. The third-order valence-electron chi connectivity index (χ3n) is 7.59. The number of benzene rings is 4. The van der Waals surface area contributed by atoms with E-state index in [1.165, 1.54) is 22.7 Å². The second-order valence-electron chi connectivity index (χ2n) is 11.3. The molecule has 50 heavy (non-hydrogen) atoms. The van der Waals surface area contributed by atoms with Crippen molar-refractivity contribution in [2.45, 2.75) is 36.2 Å².